The average molecular weight is 128 g/mol. The average Bonchev–Trinajstić information content (AvgIpc) is 1.33. The lowest BCUT2D eigenvalue weighted by molar-refractivity contribution is -1.41. The lowest BCUT2D eigenvalue weighted by atomic mass is 11.0. The Morgan fingerprint density at radius 3 is 1.14 bits per heavy atom. The Morgan fingerprint density at radius 1 is 1.14 bits per heavy atom. The molecule has 0 aliphatic carbocycles. The summed E-state index contributed by atoms with van der Waals surface area (Å²) in [7, 11) is 6.25. The molecule has 0 saturated heterocycles. The van der Waals surface area contributed by atoms with Gasteiger partial charge >= 0.3 is 0 Å². The maximum Gasteiger partial charge on any atom is 0.0878 e. The SMILES string of the molecule is C[NH+](C)C.[O-][Cl+][O-]. The van der Waals surface area contributed by atoms with Gasteiger partial charge in [-0.1, -0.05) is 0 Å². The molecule has 0 heterocycles. The van der Waals surface area contributed by atoms with Crippen LogP contribution in [0.2, 0.25) is 0 Å². The van der Waals surface area contributed by atoms with E-state index in [1.165, 1.54) is 4.90 Å². The summed E-state index contributed by atoms with van der Waals surface area (Å²) in [5.74, 6) is 0. The zero-order valence-corrected chi connectivity index (χ0v) is 5.45. The molecule has 0 aromatic rings. The van der Waals surface area contributed by atoms with E-state index < -0.39 is 11.3 Å². The molecule has 4 heteroatoms. The third-order valence-corrected chi connectivity index (χ3v) is 0. The molecule has 0 radical (unpaired) electrons. The third kappa shape index (κ3) is 3710. The standard InChI is InChI=1S/C3H9N.ClO2/c1-4(2)3;2-1-3/h1-3H3;/q;-1/p+1. The summed E-state index contributed by atoms with van der Waals surface area (Å²) in [6, 6.07) is 0. The highest BCUT2D eigenvalue weighted by atomic mass is 35.6. The molecule has 0 bridgehead atoms. The first-order valence-electron chi connectivity index (χ1n) is 1.81. The van der Waals surface area contributed by atoms with Gasteiger partial charge in [-0.3, -0.25) is 0 Å². The summed E-state index contributed by atoms with van der Waals surface area (Å²) in [6.45, 7) is 0. The first-order valence-corrected chi connectivity index (χ1v) is 2.43. The van der Waals surface area contributed by atoms with Crippen LogP contribution in [-0.2, 0) is 0 Å². The van der Waals surface area contributed by atoms with Crippen LogP contribution in [0.3, 0.4) is 0 Å². The molecular weight excluding hydrogens is 117 g/mol. The lowest BCUT2D eigenvalue weighted by Gasteiger charge is -1.88. The molecule has 0 unspecified atom stereocenters. The quantitative estimate of drug-likeness (QED) is 0.365. The van der Waals surface area contributed by atoms with Crippen molar-refractivity contribution in [3.8, 4) is 0 Å². The van der Waals surface area contributed by atoms with E-state index in [9.17, 15) is 0 Å². The molecule has 0 spiro atoms. The zero-order valence-electron chi connectivity index (χ0n) is 4.69. The Balaban J connectivity index is 0. The van der Waals surface area contributed by atoms with E-state index in [4.69, 9.17) is 9.32 Å². The van der Waals surface area contributed by atoms with E-state index in [1.807, 2.05) is 0 Å². The molecule has 0 atom stereocenters. The van der Waals surface area contributed by atoms with Gasteiger partial charge < -0.3 is 14.2 Å². The maximum absolute atomic E-state index is 8.24. The minimum Gasteiger partial charge on any atom is -0.544 e. The first-order chi connectivity index (χ1) is 3.15. The van der Waals surface area contributed by atoms with Gasteiger partial charge in [0.2, 0.25) is 0 Å². The largest absolute Gasteiger partial charge is 0.544 e. The van der Waals surface area contributed by atoms with Crippen molar-refractivity contribution in [1.29, 1.82) is 0 Å². The van der Waals surface area contributed by atoms with E-state index in [-0.39, 0.29) is 0 Å². The van der Waals surface area contributed by atoms with Crippen molar-refractivity contribution in [2.45, 2.75) is 0 Å². The second kappa shape index (κ2) is 9.48. The van der Waals surface area contributed by atoms with Crippen LogP contribution in [0.1, 0.15) is 0 Å². The zero-order chi connectivity index (χ0) is 6.28. The molecule has 7 heavy (non-hydrogen) atoms. The minimum atomic E-state index is -0.417. The highest BCUT2D eigenvalue weighted by Gasteiger charge is 1.61. The number of rotatable bonds is 0. The van der Waals surface area contributed by atoms with Gasteiger partial charge in [0.1, 0.15) is 0 Å². The second-order valence-corrected chi connectivity index (χ2v) is 1.69. The summed E-state index contributed by atoms with van der Waals surface area (Å²) in [4.78, 5) is 1.42. The van der Waals surface area contributed by atoms with Crippen LogP contribution in [-0.4, -0.2) is 21.1 Å². The molecule has 1 N–H and O–H groups in total. The van der Waals surface area contributed by atoms with Crippen LogP contribution in [0.4, 0.5) is 0 Å². The molecule has 0 rings (SSSR count). The fourth-order valence-corrected chi connectivity index (χ4v) is 0. The predicted octanol–water partition coefficient (Wildman–Crippen LogP) is -3.62. The fraction of sp³-hybridized carbons (Fsp3) is 1.00. The molecular formula is C3H10ClNO2. The van der Waals surface area contributed by atoms with Crippen molar-refractivity contribution < 1.29 is 25.5 Å². The number of halogens is 1. The van der Waals surface area contributed by atoms with Crippen molar-refractivity contribution in [3.05, 3.63) is 0 Å². The van der Waals surface area contributed by atoms with Crippen molar-refractivity contribution in [1.82, 2.24) is 0 Å². The third-order valence-electron chi connectivity index (χ3n) is 0. The number of quaternary nitrogens is 1. The van der Waals surface area contributed by atoms with E-state index in [0.717, 1.165) is 0 Å². The second-order valence-electron chi connectivity index (χ2n) is 1.56. The van der Waals surface area contributed by atoms with Crippen molar-refractivity contribution >= 4 is 0 Å². The summed E-state index contributed by atoms with van der Waals surface area (Å²) in [5.41, 5.74) is 0. The number of hydrogen-bond donors (Lipinski definition) is 1. The summed E-state index contributed by atoms with van der Waals surface area (Å²) in [6.07, 6.45) is 0. The van der Waals surface area contributed by atoms with Gasteiger partial charge in [0.05, 0.1) is 32.5 Å². The van der Waals surface area contributed by atoms with E-state index >= 15 is 0 Å². The molecule has 0 amide bonds. The monoisotopic (exact) mass is 127 g/mol. The van der Waals surface area contributed by atoms with Crippen LogP contribution in [0, 0.1) is 11.3 Å². The van der Waals surface area contributed by atoms with Gasteiger partial charge in [-0.25, -0.2) is 0 Å². The lowest BCUT2D eigenvalue weighted by Crippen LogP contribution is -3.02. The highest BCUT2D eigenvalue weighted by Crippen LogP contribution is 0.940. The van der Waals surface area contributed by atoms with Crippen LogP contribution < -0.4 is 14.2 Å². The predicted molar refractivity (Wildman–Crippen MR) is 18.7 cm³/mol. The van der Waals surface area contributed by atoms with Gasteiger partial charge in [0.25, 0.3) is 0 Å². The highest BCUT2D eigenvalue weighted by molar-refractivity contribution is 3.59. The van der Waals surface area contributed by atoms with E-state index in [2.05, 4.69) is 21.1 Å². The molecule has 0 saturated carbocycles. The summed E-state index contributed by atoms with van der Waals surface area (Å²) < 4.78 is 16.5. The van der Waals surface area contributed by atoms with E-state index in [0.29, 0.717) is 0 Å². The van der Waals surface area contributed by atoms with Crippen molar-refractivity contribution in [3.63, 3.8) is 0 Å². The summed E-state index contributed by atoms with van der Waals surface area (Å²) in [5, 5.41) is 0. The number of nitrogens with one attached hydrogen (secondary N) is 1. The van der Waals surface area contributed by atoms with Gasteiger partial charge in [-0.05, 0) is 0 Å². The molecule has 0 aromatic carbocycles. The topological polar surface area (TPSA) is 50.6 Å². The minimum absolute atomic E-state index is 0.417. The maximum atomic E-state index is 8.24. The Morgan fingerprint density at radius 2 is 1.14 bits per heavy atom. The number of hydrogen-bond acceptors (Lipinski definition) is 2. The van der Waals surface area contributed by atoms with Gasteiger partial charge in [0, 0.05) is 0 Å². The Bertz CT molecular complexity index is 24.1. The Kier molecular flexibility index (Phi) is 13.8. The molecule has 0 aliphatic rings. The molecule has 3 nitrogen and oxygen atoms in total. The Hall–Kier alpha value is 0.170. The fourth-order valence-electron chi connectivity index (χ4n) is 0. The van der Waals surface area contributed by atoms with Crippen molar-refractivity contribution in [2.24, 2.45) is 0 Å². The van der Waals surface area contributed by atoms with Crippen LogP contribution in [0.15, 0.2) is 0 Å². The van der Waals surface area contributed by atoms with Gasteiger partial charge in [-0.15, -0.1) is 0 Å². The Labute approximate surface area is 47.6 Å². The van der Waals surface area contributed by atoms with E-state index in [1.54, 1.807) is 0 Å². The van der Waals surface area contributed by atoms with Crippen molar-refractivity contribution in [2.75, 3.05) is 21.1 Å². The van der Waals surface area contributed by atoms with Gasteiger partial charge in [-0.2, -0.15) is 0 Å². The smallest absolute Gasteiger partial charge is 0.0878 e. The molecule has 46 valence electrons. The first kappa shape index (κ1) is 10.2. The molecule has 0 fully saturated rings. The summed E-state index contributed by atoms with van der Waals surface area (Å²) >= 11 is -0.417. The molecule has 0 aliphatic heterocycles. The van der Waals surface area contributed by atoms with Crippen LogP contribution in [0.5, 0.6) is 0 Å². The van der Waals surface area contributed by atoms with Crippen LogP contribution in [0.25, 0.3) is 0 Å². The molecule has 0 aromatic heterocycles. The normalized spacial score (nSPS) is 7.71. The van der Waals surface area contributed by atoms with Crippen LogP contribution >= 0.6 is 0 Å². The van der Waals surface area contributed by atoms with Gasteiger partial charge in [0.15, 0.2) is 0 Å².